The number of rotatable bonds is 3. The van der Waals surface area contributed by atoms with Gasteiger partial charge in [-0.25, -0.2) is 0 Å². The molecule has 0 atom stereocenters. The Balaban J connectivity index is 1.58. The average molecular weight is 560 g/mol. The summed E-state index contributed by atoms with van der Waals surface area (Å²) in [5, 5.41) is 5.22. The van der Waals surface area contributed by atoms with Crippen LogP contribution < -0.4 is 0 Å². The smallest absolute Gasteiger partial charge is 0.0181 e. The first-order chi connectivity index (χ1) is 19.3. The van der Waals surface area contributed by atoms with E-state index in [1.807, 2.05) is 0 Å². The lowest BCUT2D eigenvalue weighted by molar-refractivity contribution is 1.61. The summed E-state index contributed by atoms with van der Waals surface area (Å²) in [6, 6.07) is 50.8. The molecule has 0 saturated heterocycles. The highest BCUT2D eigenvalue weighted by Gasteiger charge is 2.30. The largest absolute Gasteiger partial charge is 0.0622 e. The Morgan fingerprint density at radius 3 is 1.44 bits per heavy atom. The molecule has 0 aromatic heterocycles. The summed E-state index contributed by atoms with van der Waals surface area (Å²) < 4.78 is 1.09. The number of hydrogen-bond donors (Lipinski definition) is 0. The van der Waals surface area contributed by atoms with E-state index in [9.17, 15) is 0 Å². The molecule has 7 aromatic rings. The van der Waals surface area contributed by atoms with Crippen LogP contribution in [0.25, 0.3) is 77.2 Å². The molecule has 1 heteroatoms. The summed E-state index contributed by atoms with van der Waals surface area (Å²) in [5.74, 6) is 0. The average Bonchev–Trinajstić information content (AvgIpc) is 3.32. The molecule has 0 unspecified atom stereocenters. The van der Waals surface area contributed by atoms with Gasteiger partial charge in [-0.2, -0.15) is 0 Å². The van der Waals surface area contributed by atoms with Crippen molar-refractivity contribution in [2.75, 3.05) is 0 Å². The first-order valence-corrected chi connectivity index (χ1v) is 14.1. The molecule has 1 aliphatic carbocycles. The fraction of sp³-hybridized carbons (Fsp3) is 0. The Morgan fingerprint density at radius 2 is 0.821 bits per heavy atom. The van der Waals surface area contributed by atoms with E-state index in [1.165, 1.54) is 77.2 Å². The molecular weight excluding hydrogens is 536 g/mol. The van der Waals surface area contributed by atoms with E-state index in [0.717, 1.165) is 4.47 Å². The van der Waals surface area contributed by atoms with Gasteiger partial charge in [-0.05, 0) is 89.3 Å². The first-order valence-electron chi connectivity index (χ1n) is 13.3. The molecule has 0 heterocycles. The predicted molar refractivity (Wildman–Crippen MR) is 170 cm³/mol. The van der Waals surface area contributed by atoms with Gasteiger partial charge in [0.05, 0.1) is 0 Å². The summed E-state index contributed by atoms with van der Waals surface area (Å²) in [7, 11) is 0. The van der Waals surface area contributed by atoms with Gasteiger partial charge in [-0.3, -0.25) is 0 Å². The lowest BCUT2D eigenvalue weighted by atomic mass is 9.82. The minimum Gasteiger partial charge on any atom is -0.0622 e. The molecule has 0 radical (unpaired) electrons. The SMILES string of the molecule is Brc1cccc(-c2ccc3c4c(cccc24)-c2c-3c(-c3ccccc3)c3ccccc3c2-c2ccccc2)c1. The van der Waals surface area contributed by atoms with E-state index in [0.29, 0.717) is 0 Å². The fourth-order valence-corrected chi connectivity index (χ4v) is 6.92. The van der Waals surface area contributed by atoms with Crippen molar-refractivity contribution in [3.05, 3.63) is 144 Å². The van der Waals surface area contributed by atoms with E-state index in [-0.39, 0.29) is 0 Å². The van der Waals surface area contributed by atoms with Crippen LogP contribution in [0.2, 0.25) is 0 Å². The first kappa shape index (κ1) is 22.5. The van der Waals surface area contributed by atoms with Crippen LogP contribution in [0.5, 0.6) is 0 Å². The maximum atomic E-state index is 3.68. The topological polar surface area (TPSA) is 0 Å². The molecule has 0 fully saturated rings. The van der Waals surface area contributed by atoms with Gasteiger partial charge < -0.3 is 0 Å². The van der Waals surface area contributed by atoms with Gasteiger partial charge in [0, 0.05) is 4.47 Å². The van der Waals surface area contributed by atoms with E-state index in [4.69, 9.17) is 0 Å². The zero-order valence-electron chi connectivity index (χ0n) is 21.2. The molecule has 0 saturated carbocycles. The van der Waals surface area contributed by atoms with Crippen LogP contribution in [0.1, 0.15) is 0 Å². The molecule has 7 aromatic carbocycles. The van der Waals surface area contributed by atoms with E-state index >= 15 is 0 Å². The molecular formula is C38H23Br. The van der Waals surface area contributed by atoms with Crippen LogP contribution in [-0.2, 0) is 0 Å². The summed E-state index contributed by atoms with van der Waals surface area (Å²) in [6.07, 6.45) is 0. The van der Waals surface area contributed by atoms with Crippen molar-refractivity contribution in [1.29, 1.82) is 0 Å². The lowest BCUT2D eigenvalue weighted by Gasteiger charge is -2.20. The van der Waals surface area contributed by atoms with Gasteiger partial charge >= 0.3 is 0 Å². The van der Waals surface area contributed by atoms with Crippen LogP contribution in [0.4, 0.5) is 0 Å². The molecule has 182 valence electrons. The number of benzene rings is 7. The molecule has 0 amide bonds. The third-order valence-corrected chi connectivity index (χ3v) is 8.55. The number of halogens is 1. The standard InChI is InChI=1S/C38H23Br/c39-27-16-9-15-26(23-27)28-21-22-33-36-29(28)19-10-20-32(36)37-34(24-11-3-1-4-12-24)30-17-7-8-18-31(30)35(38(33)37)25-13-5-2-6-14-25/h1-23H. The van der Waals surface area contributed by atoms with Gasteiger partial charge in [-0.15, -0.1) is 0 Å². The minimum absolute atomic E-state index is 1.09. The van der Waals surface area contributed by atoms with Gasteiger partial charge in [-0.1, -0.05) is 143 Å². The zero-order valence-corrected chi connectivity index (χ0v) is 22.7. The Morgan fingerprint density at radius 1 is 0.333 bits per heavy atom. The minimum atomic E-state index is 1.09. The van der Waals surface area contributed by atoms with Crippen molar-refractivity contribution in [2.45, 2.75) is 0 Å². The van der Waals surface area contributed by atoms with Crippen LogP contribution >= 0.6 is 15.9 Å². The van der Waals surface area contributed by atoms with Gasteiger partial charge in [0.15, 0.2) is 0 Å². The Hall–Kier alpha value is -4.46. The summed E-state index contributed by atoms with van der Waals surface area (Å²) in [4.78, 5) is 0. The highest BCUT2D eigenvalue weighted by atomic mass is 79.9. The second kappa shape index (κ2) is 8.80. The van der Waals surface area contributed by atoms with Crippen molar-refractivity contribution in [1.82, 2.24) is 0 Å². The lowest BCUT2D eigenvalue weighted by Crippen LogP contribution is -1.93. The summed E-state index contributed by atoms with van der Waals surface area (Å²) in [6.45, 7) is 0. The van der Waals surface area contributed by atoms with Crippen LogP contribution in [0, 0.1) is 0 Å². The summed E-state index contributed by atoms with van der Waals surface area (Å²) >= 11 is 3.68. The molecule has 0 nitrogen and oxygen atoms in total. The number of fused-ring (bicyclic) bond motifs is 4. The van der Waals surface area contributed by atoms with Crippen molar-refractivity contribution in [2.24, 2.45) is 0 Å². The van der Waals surface area contributed by atoms with Crippen LogP contribution in [0.15, 0.2) is 144 Å². The maximum absolute atomic E-state index is 3.68. The highest BCUT2D eigenvalue weighted by molar-refractivity contribution is 9.10. The van der Waals surface area contributed by atoms with Crippen LogP contribution in [-0.4, -0.2) is 0 Å². The third-order valence-electron chi connectivity index (χ3n) is 8.06. The van der Waals surface area contributed by atoms with Crippen molar-refractivity contribution < 1.29 is 0 Å². The second-order valence-corrected chi connectivity index (χ2v) is 11.1. The highest BCUT2D eigenvalue weighted by Crippen LogP contribution is 2.58. The molecule has 39 heavy (non-hydrogen) atoms. The van der Waals surface area contributed by atoms with Crippen molar-refractivity contribution in [3.8, 4) is 55.6 Å². The summed E-state index contributed by atoms with van der Waals surface area (Å²) in [5.41, 5.74) is 12.9. The van der Waals surface area contributed by atoms with Crippen molar-refractivity contribution in [3.63, 3.8) is 0 Å². The molecule has 0 aliphatic heterocycles. The van der Waals surface area contributed by atoms with Crippen LogP contribution in [0.3, 0.4) is 0 Å². The van der Waals surface area contributed by atoms with Gasteiger partial charge in [0.25, 0.3) is 0 Å². The predicted octanol–water partition coefficient (Wildman–Crippen LogP) is 11.4. The molecule has 1 aliphatic rings. The maximum Gasteiger partial charge on any atom is 0.0181 e. The monoisotopic (exact) mass is 558 g/mol. The van der Waals surface area contributed by atoms with E-state index in [2.05, 4.69) is 155 Å². The third kappa shape index (κ3) is 3.37. The second-order valence-electron chi connectivity index (χ2n) is 10.2. The Bertz CT molecular complexity index is 1960. The van der Waals surface area contributed by atoms with E-state index < -0.39 is 0 Å². The molecule has 8 rings (SSSR count). The molecule has 0 spiro atoms. The van der Waals surface area contributed by atoms with E-state index in [1.54, 1.807) is 0 Å². The normalized spacial score (nSPS) is 11.7. The Labute approximate surface area is 236 Å². The zero-order chi connectivity index (χ0) is 25.9. The fourth-order valence-electron chi connectivity index (χ4n) is 6.52. The molecule has 0 N–H and O–H groups in total. The molecule has 0 bridgehead atoms. The van der Waals surface area contributed by atoms with Crippen molar-refractivity contribution >= 4 is 37.5 Å². The quantitative estimate of drug-likeness (QED) is 0.202. The Kier molecular flexibility index (Phi) is 5.08. The van der Waals surface area contributed by atoms with Gasteiger partial charge in [0.1, 0.15) is 0 Å². The number of hydrogen-bond acceptors (Lipinski definition) is 0. The van der Waals surface area contributed by atoms with Gasteiger partial charge in [0.2, 0.25) is 0 Å².